The molecule has 3 rings (SSSR count). The number of carbonyl (C=O) groups is 1. The highest BCUT2D eigenvalue weighted by Gasteiger charge is 2.38. The van der Waals surface area contributed by atoms with Gasteiger partial charge in [-0.3, -0.25) is 4.90 Å². The maximum Gasteiger partial charge on any atom is 0.490 e. The molecule has 0 fully saturated rings. The Hall–Kier alpha value is -2.62. The summed E-state index contributed by atoms with van der Waals surface area (Å²) in [5.41, 5.74) is 2.28. The lowest BCUT2D eigenvalue weighted by Gasteiger charge is -2.17. The number of carboxylic acids is 1. The fourth-order valence-electron chi connectivity index (χ4n) is 2.75. The Bertz CT molecular complexity index is 793. The monoisotopic (exact) mass is 401 g/mol. The molecule has 0 radical (unpaired) electrons. The Morgan fingerprint density at radius 2 is 1.96 bits per heavy atom. The first-order chi connectivity index (χ1) is 13.2. The average Bonchev–Trinajstić information content (AvgIpc) is 2.91. The van der Waals surface area contributed by atoms with Crippen LogP contribution in [-0.4, -0.2) is 51.8 Å². The van der Waals surface area contributed by atoms with Crippen LogP contribution < -0.4 is 4.74 Å². The first kappa shape index (κ1) is 21.7. The summed E-state index contributed by atoms with van der Waals surface area (Å²) in [5, 5.41) is 7.12. The molecule has 7 nitrogen and oxygen atoms in total. The van der Waals surface area contributed by atoms with Gasteiger partial charge in [0, 0.05) is 25.1 Å². The lowest BCUT2D eigenvalue weighted by Crippen LogP contribution is -2.25. The SMILES string of the molecule is CCOc1ncnc2c1CCN(Cc1ccc(C)o1)CC2.O=C(O)C(F)(F)F. The molecule has 0 bridgehead atoms. The number of rotatable bonds is 4. The zero-order chi connectivity index (χ0) is 20.7. The fourth-order valence-corrected chi connectivity index (χ4v) is 2.75. The summed E-state index contributed by atoms with van der Waals surface area (Å²) in [7, 11) is 0. The number of hydrogen-bond acceptors (Lipinski definition) is 6. The third-order valence-corrected chi connectivity index (χ3v) is 4.04. The van der Waals surface area contributed by atoms with Gasteiger partial charge in [0.05, 0.1) is 18.8 Å². The maximum atomic E-state index is 10.6. The molecule has 0 atom stereocenters. The molecular formula is C18H22F3N3O4. The predicted molar refractivity (Wildman–Crippen MR) is 93.0 cm³/mol. The summed E-state index contributed by atoms with van der Waals surface area (Å²) in [6, 6.07) is 4.07. The lowest BCUT2D eigenvalue weighted by atomic mass is 10.1. The van der Waals surface area contributed by atoms with Gasteiger partial charge in [0.1, 0.15) is 17.8 Å². The number of aryl methyl sites for hydroxylation is 1. The normalized spacial score (nSPS) is 14.5. The third kappa shape index (κ3) is 6.22. The molecule has 10 heteroatoms. The first-order valence-corrected chi connectivity index (χ1v) is 8.74. The topological polar surface area (TPSA) is 88.7 Å². The summed E-state index contributed by atoms with van der Waals surface area (Å²) < 4.78 is 43.0. The van der Waals surface area contributed by atoms with Crippen LogP contribution in [0.5, 0.6) is 5.88 Å². The van der Waals surface area contributed by atoms with Crippen LogP contribution in [0.2, 0.25) is 0 Å². The largest absolute Gasteiger partial charge is 0.490 e. The standard InChI is InChI=1S/C16H21N3O2.C2HF3O2/c1-3-20-16-14-6-8-19(9-7-15(14)17-11-18-16)10-13-5-4-12(2)21-13;3-2(4,5)1(6)7/h4-5,11H,3,6-10H2,1-2H3;(H,6,7). The van der Waals surface area contributed by atoms with Crippen LogP contribution in [-0.2, 0) is 24.2 Å². The van der Waals surface area contributed by atoms with Crippen LogP contribution in [0.3, 0.4) is 0 Å². The van der Waals surface area contributed by atoms with E-state index in [0.717, 1.165) is 61.1 Å². The van der Waals surface area contributed by atoms with Crippen LogP contribution >= 0.6 is 0 Å². The van der Waals surface area contributed by atoms with Gasteiger partial charge in [-0.2, -0.15) is 13.2 Å². The molecule has 0 aromatic carbocycles. The molecular weight excluding hydrogens is 379 g/mol. The third-order valence-electron chi connectivity index (χ3n) is 4.04. The van der Waals surface area contributed by atoms with E-state index in [0.29, 0.717) is 6.61 Å². The Kier molecular flexibility index (Phi) is 7.38. The van der Waals surface area contributed by atoms with Crippen molar-refractivity contribution in [3.63, 3.8) is 0 Å². The van der Waals surface area contributed by atoms with Crippen LogP contribution in [0.15, 0.2) is 22.9 Å². The summed E-state index contributed by atoms with van der Waals surface area (Å²) >= 11 is 0. The summed E-state index contributed by atoms with van der Waals surface area (Å²) in [6.45, 7) is 7.40. The number of nitrogens with zero attached hydrogens (tertiary/aromatic N) is 3. The number of ether oxygens (including phenoxy) is 1. The molecule has 0 saturated carbocycles. The minimum absolute atomic E-state index is 0.638. The first-order valence-electron chi connectivity index (χ1n) is 8.74. The number of carboxylic acid groups (broad SMARTS) is 1. The van der Waals surface area contributed by atoms with Gasteiger partial charge in [0.2, 0.25) is 5.88 Å². The van der Waals surface area contributed by atoms with Gasteiger partial charge in [0.25, 0.3) is 0 Å². The molecule has 0 unspecified atom stereocenters. The van der Waals surface area contributed by atoms with Crippen molar-refractivity contribution in [2.75, 3.05) is 19.7 Å². The van der Waals surface area contributed by atoms with E-state index in [1.165, 1.54) is 0 Å². The molecule has 154 valence electrons. The molecule has 2 aromatic rings. The number of aromatic nitrogens is 2. The lowest BCUT2D eigenvalue weighted by molar-refractivity contribution is -0.192. The van der Waals surface area contributed by atoms with Crippen molar-refractivity contribution < 1.29 is 32.2 Å². The average molecular weight is 401 g/mol. The maximum absolute atomic E-state index is 10.6. The van der Waals surface area contributed by atoms with Crippen LogP contribution in [0.25, 0.3) is 0 Å². The van der Waals surface area contributed by atoms with Crippen molar-refractivity contribution in [2.45, 2.75) is 39.4 Å². The minimum atomic E-state index is -5.08. The second kappa shape index (κ2) is 9.54. The van der Waals surface area contributed by atoms with Gasteiger partial charge in [-0.25, -0.2) is 14.8 Å². The molecule has 3 heterocycles. The molecule has 0 aliphatic carbocycles. The quantitative estimate of drug-likeness (QED) is 0.842. The number of hydrogen-bond donors (Lipinski definition) is 1. The van der Waals surface area contributed by atoms with Gasteiger partial charge in [-0.1, -0.05) is 0 Å². The van der Waals surface area contributed by atoms with Crippen molar-refractivity contribution in [3.05, 3.63) is 41.2 Å². The smallest absolute Gasteiger partial charge is 0.478 e. The summed E-state index contributed by atoms with van der Waals surface area (Å²) in [6.07, 6.45) is -1.63. The van der Waals surface area contributed by atoms with E-state index in [4.69, 9.17) is 19.1 Å². The van der Waals surface area contributed by atoms with Gasteiger partial charge in [0.15, 0.2) is 0 Å². The highest BCUT2D eigenvalue weighted by atomic mass is 19.4. The Morgan fingerprint density at radius 1 is 1.29 bits per heavy atom. The second-order valence-corrected chi connectivity index (χ2v) is 6.13. The molecule has 0 spiro atoms. The van der Waals surface area contributed by atoms with E-state index < -0.39 is 12.1 Å². The fraction of sp³-hybridized carbons (Fsp3) is 0.500. The highest BCUT2D eigenvalue weighted by Crippen LogP contribution is 2.23. The van der Waals surface area contributed by atoms with Crippen LogP contribution in [0, 0.1) is 6.92 Å². The van der Waals surface area contributed by atoms with Gasteiger partial charge in [-0.05, 0) is 32.4 Å². The van der Waals surface area contributed by atoms with E-state index in [1.807, 2.05) is 19.9 Å². The number of aliphatic carboxylic acids is 1. The number of halogens is 3. The van der Waals surface area contributed by atoms with E-state index in [-0.39, 0.29) is 0 Å². The van der Waals surface area contributed by atoms with Crippen molar-refractivity contribution in [3.8, 4) is 5.88 Å². The van der Waals surface area contributed by atoms with Gasteiger partial charge >= 0.3 is 12.1 Å². The number of furan rings is 1. The number of alkyl halides is 3. The Labute approximate surface area is 160 Å². The zero-order valence-electron chi connectivity index (χ0n) is 15.6. The van der Waals surface area contributed by atoms with Gasteiger partial charge < -0.3 is 14.3 Å². The summed E-state index contributed by atoms with van der Waals surface area (Å²) in [5.74, 6) is -0.0205. The molecule has 1 aliphatic rings. The van der Waals surface area contributed by atoms with Gasteiger partial charge in [-0.15, -0.1) is 0 Å². The van der Waals surface area contributed by atoms with Crippen LogP contribution in [0.1, 0.15) is 29.7 Å². The van der Waals surface area contributed by atoms with Crippen molar-refractivity contribution in [1.29, 1.82) is 0 Å². The molecule has 1 N–H and O–H groups in total. The van der Waals surface area contributed by atoms with Crippen LogP contribution in [0.4, 0.5) is 13.2 Å². The van der Waals surface area contributed by atoms with E-state index in [2.05, 4.69) is 20.9 Å². The molecule has 2 aromatic heterocycles. The van der Waals surface area contributed by atoms with E-state index in [9.17, 15) is 13.2 Å². The Balaban J connectivity index is 0.000000345. The van der Waals surface area contributed by atoms with E-state index in [1.54, 1.807) is 6.33 Å². The molecule has 0 amide bonds. The zero-order valence-corrected chi connectivity index (χ0v) is 15.6. The Morgan fingerprint density at radius 3 is 2.54 bits per heavy atom. The van der Waals surface area contributed by atoms with E-state index >= 15 is 0 Å². The molecule has 1 aliphatic heterocycles. The molecule has 0 saturated heterocycles. The number of fused-ring (bicyclic) bond motifs is 1. The predicted octanol–water partition coefficient (Wildman–Crippen LogP) is 3.01. The summed E-state index contributed by atoms with van der Waals surface area (Å²) in [4.78, 5) is 20.0. The van der Waals surface area contributed by atoms with Crippen molar-refractivity contribution in [1.82, 2.24) is 14.9 Å². The van der Waals surface area contributed by atoms with Crippen molar-refractivity contribution >= 4 is 5.97 Å². The minimum Gasteiger partial charge on any atom is -0.478 e. The molecule has 28 heavy (non-hydrogen) atoms. The van der Waals surface area contributed by atoms with Crippen molar-refractivity contribution in [2.24, 2.45) is 0 Å². The second-order valence-electron chi connectivity index (χ2n) is 6.13. The highest BCUT2D eigenvalue weighted by molar-refractivity contribution is 5.73.